The van der Waals surface area contributed by atoms with Crippen LogP contribution in [0.3, 0.4) is 0 Å². The molecule has 3 heteroatoms. The van der Waals surface area contributed by atoms with E-state index in [0.29, 0.717) is 0 Å². The van der Waals surface area contributed by atoms with Crippen molar-refractivity contribution in [3.05, 3.63) is 42.7 Å². The molecule has 0 bridgehead atoms. The van der Waals surface area contributed by atoms with Gasteiger partial charge in [-0.15, -0.1) is 5.52 Å². The van der Waals surface area contributed by atoms with Crippen molar-refractivity contribution in [3.63, 3.8) is 0 Å². The van der Waals surface area contributed by atoms with Gasteiger partial charge in [-0.05, 0) is 16.8 Å². The fourth-order valence-corrected chi connectivity index (χ4v) is 1.61. The summed E-state index contributed by atoms with van der Waals surface area (Å²) < 4.78 is 0. The number of hydrogen-bond donors (Lipinski definition) is 0. The third-order valence-corrected chi connectivity index (χ3v) is 2.24. The molecular formula is C11H7N2Rh-. The number of aromatic nitrogens is 2. The first-order valence-electron chi connectivity index (χ1n) is 4.20. The number of benzene rings is 1. The molecule has 0 spiro atoms. The third kappa shape index (κ3) is 1.25. The molecule has 0 saturated heterocycles. The van der Waals surface area contributed by atoms with Gasteiger partial charge in [0, 0.05) is 25.7 Å². The zero-order valence-electron chi connectivity index (χ0n) is 7.27. The summed E-state index contributed by atoms with van der Waals surface area (Å²) >= 11 is 0. The van der Waals surface area contributed by atoms with Gasteiger partial charge in [0.05, 0.1) is 5.52 Å². The van der Waals surface area contributed by atoms with Crippen LogP contribution in [0.25, 0.3) is 21.8 Å². The first kappa shape index (κ1) is 9.35. The largest absolute Gasteiger partial charge is 0.662 e. The van der Waals surface area contributed by atoms with Crippen LogP contribution in [0.5, 0.6) is 0 Å². The number of hydrogen-bond acceptors (Lipinski definition) is 1. The summed E-state index contributed by atoms with van der Waals surface area (Å²) in [4.78, 5) is 8.60. The summed E-state index contributed by atoms with van der Waals surface area (Å²) in [7, 11) is 0. The standard InChI is InChI=1S/C11H7N2.Rh/c1-2-8-3-4-9-5-7-13-11(9)10(8)12-6-1;/h1-7H;/q-1;. The van der Waals surface area contributed by atoms with Crippen molar-refractivity contribution in [2.75, 3.05) is 0 Å². The van der Waals surface area contributed by atoms with Gasteiger partial charge in [0.15, 0.2) is 0 Å². The van der Waals surface area contributed by atoms with Crippen LogP contribution in [0.2, 0.25) is 0 Å². The van der Waals surface area contributed by atoms with Crippen molar-refractivity contribution < 1.29 is 19.5 Å². The van der Waals surface area contributed by atoms with Crippen LogP contribution in [-0.4, -0.2) is 4.98 Å². The fraction of sp³-hybridized carbons (Fsp3) is 0. The van der Waals surface area contributed by atoms with Crippen LogP contribution in [0.15, 0.2) is 42.7 Å². The predicted molar refractivity (Wildman–Crippen MR) is 52.6 cm³/mol. The molecule has 3 rings (SSSR count). The molecule has 71 valence electrons. The molecule has 0 amide bonds. The molecule has 3 aromatic rings. The first-order chi connectivity index (χ1) is 6.45. The van der Waals surface area contributed by atoms with Crippen LogP contribution < -0.4 is 4.98 Å². The molecule has 0 atom stereocenters. The van der Waals surface area contributed by atoms with Gasteiger partial charge >= 0.3 is 0 Å². The maximum Gasteiger partial charge on any atom is 0.0561 e. The Morgan fingerprint density at radius 3 is 2.79 bits per heavy atom. The Bertz CT molecular complexity index is 571. The monoisotopic (exact) mass is 270 g/mol. The second-order valence-corrected chi connectivity index (χ2v) is 3.02. The van der Waals surface area contributed by atoms with E-state index in [1.54, 1.807) is 6.20 Å². The fourth-order valence-electron chi connectivity index (χ4n) is 1.61. The number of pyridine rings is 1. The summed E-state index contributed by atoms with van der Waals surface area (Å²) in [6.07, 6.45) is 3.62. The van der Waals surface area contributed by atoms with Gasteiger partial charge < -0.3 is 4.98 Å². The van der Waals surface area contributed by atoms with Crippen molar-refractivity contribution in [2.45, 2.75) is 0 Å². The SMILES string of the molecule is [Rh].c1cnc2c(c1)ccc1cc[n-]c12. The number of nitrogens with zero attached hydrogens (tertiary/aromatic N) is 2. The van der Waals surface area contributed by atoms with Gasteiger partial charge in [-0.25, -0.2) is 0 Å². The van der Waals surface area contributed by atoms with Crippen molar-refractivity contribution in [3.8, 4) is 0 Å². The second-order valence-electron chi connectivity index (χ2n) is 3.02. The Kier molecular flexibility index (Phi) is 2.34. The van der Waals surface area contributed by atoms with Gasteiger partial charge in [0.25, 0.3) is 0 Å². The van der Waals surface area contributed by atoms with E-state index in [2.05, 4.69) is 28.2 Å². The third-order valence-electron chi connectivity index (χ3n) is 2.24. The molecule has 0 N–H and O–H groups in total. The van der Waals surface area contributed by atoms with Crippen LogP contribution in [0.1, 0.15) is 0 Å². The molecular weight excluding hydrogens is 263 g/mol. The molecule has 1 aromatic carbocycles. The normalized spacial score (nSPS) is 10.3. The quantitative estimate of drug-likeness (QED) is 0.586. The molecule has 0 aliphatic carbocycles. The number of rotatable bonds is 0. The predicted octanol–water partition coefficient (Wildman–Crippen LogP) is 2.34. The molecule has 0 saturated carbocycles. The molecule has 0 unspecified atom stereocenters. The Labute approximate surface area is 94.1 Å². The van der Waals surface area contributed by atoms with Gasteiger partial charge in [-0.2, -0.15) is 6.20 Å². The maximum absolute atomic E-state index is 4.32. The van der Waals surface area contributed by atoms with Crippen molar-refractivity contribution in [1.82, 2.24) is 9.97 Å². The number of fused-ring (bicyclic) bond motifs is 3. The average molecular weight is 270 g/mol. The van der Waals surface area contributed by atoms with Gasteiger partial charge in [-0.1, -0.05) is 24.3 Å². The van der Waals surface area contributed by atoms with E-state index in [4.69, 9.17) is 0 Å². The van der Waals surface area contributed by atoms with E-state index in [-0.39, 0.29) is 19.5 Å². The Hall–Kier alpha value is -1.21. The maximum atomic E-state index is 4.32. The summed E-state index contributed by atoms with van der Waals surface area (Å²) in [6, 6.07) is 10.1. The molecule has 14 heavy (non-hydrogen) atoms. The smallest absolute Gasteiger partial charge is 0.0561 e. The zero-order valence-corrected chi connectivity index (χ0v) is 8.91. The van der Waals surface area contributed by atoms with E-state index in [1.807, 2.05) is 18.3 Å². The molecule has 2 nitrogen and oxygen atoms in total. The summed E-state index contributed by atoms with van der Waals surface area (Å²) in [6.45, 7) is 0. The van der Waals surface area contributed by atoms with Gasteiger partial charge in [0.1, 0.15) is 0 Å². The van der Waals surface area contributed by atoms with Gasteiger partial charge in [0.2, 0.25) is 0 Å². The molecule has 0 aliphatic heterocycles. The van der Waals surface area contributed by atoms with Gasteiger partial charge in [-0.3, -0.25) is 4.98 Å². The van der Waals surface area contributed by atoms with Crippen molar-refractivity contribution >= 4 is 21.8 Å². The van der Waals surface area contributed by atoms with E-state index < -0.39 is 0 Å². The Balaban J connectivity index is 0.000000750. The van der Waals surface area contributed by atoms with Crippen LogP contribution in [0, 0.1) is 0 Å². The summed E-state index contributed by atoms with van der Waals surface area (Å²) in [5.41, 5.74) is 1.99. The minimum absolute atomic E-state index is 0. The van der Waals surface area contributed by atoms with E-state index >= 15 is 0 Å². The second kappa shape index (κ2) is 3.51. The average Bonchev–Trinajstić information content (AvgIpc) is 2.65. The molecule has 0 aliphatic rings. The molecule has 1 radical (unpaired) electrons. The van der Waals surface area contributed by atoms with Crippen LogP contribution >= 0.6 is 0 Å². The van der Waals surface area contributed by atoms with Crippen molar-refractivity contribution in [2.24, 2.45) is 0 Å². The molecule has 2 aromatic heterocycles. The Morgan fingerprint density at radius 1 is 1.00 bits per heavy atom. The zero-order chi connectivity index (χ0) is 8.67. The van der Waals surface area contributed by atoms with Crippen LogP contribution in [-0.2, 0) is 19.5 Å². The first-order valence-corrected chi connectivity index (χ1v) is 4.20. The van der Waals surface area contributed by atoms with E-state index in [1.165, 1.54) is 0 Å². The summed E-state index contributed by atoms with van der Waals surface area (Å²) in [5, 5.41) is 2.31. The molecule has 2 heterocycles. The van der Waals surface area contributed by atoms with Crippen LogP contribution in [0.4, 0.5) is 0 Å². The van der Waals surface area contributed by atoms with Crippen molar-refractivity contribution in [1.29, 1.82) is 0 Å². The summed E-state index contributed by atoms with van der Waals surface area (Å²) in [5.74, 6) is 0. The Morgan fingerprint density at radius 2 is 1.86 bits per heavy atom. The minimum Gasteiger partial charge on any atom is -0.662 e. The van der Waals surface area contributed by atoms with E-state index in [9.17, 15) is 0 Å². The minimum atomic E-state index is 0. The molecule has 0 fully saturated rings. The van der Waals surface area contributed by atoms with E-state index in [0.717, 1.165) is 21.8 Å². The topological polar surface area (TPSA) is 27.0 Å².